The van der Waals surface area contributed by atoms with Crippen LogP contribution in [0.15, 0.2) is 18.2 Å². The third-order valence-electron chi connectivity index (χ3n) is 3.58. The van der Waals surface area contributed by atoms with Crippen LogP contribution in [0.3, 0.4) is 0 Å². The molecule has 1 atom stereocenters. The number of hydrogen-bond acceptors (Lipinski definition) is 3. The second kappa shape index (κ2) is 6.45. The van der Waals surface area contributed by atoms with Crippen molar-refractivity contribution in [1.29, 1.82) is 0 Å². The molecule has 1 aromatic carbocycles. The van der Waals surface area contributed by atoms with E-state index in [9.17, 15) is 4.79 Å². The number of hydrogen-bond donors (Lipinski definition) is 2. The van der Waals surface area contributed by atoms with E-state index in [1.54, 1.807) is 6.07 Å². The number of nitrogens with zero attached hydrogens (tertiary/aromatic N) is 1. The number of carbonyl (C=O) groups excluding carboxylic acids is 1. The van der Waals surface area contributed by atoms with Crippen molar-refractivity contribution in [2.24, 2.45) is 5.92 Å². The third-order valence-corrected chi connectivity index (χ3v) is 3.58. The molecule has 0 aliphatic rings. The van der Waals surface area contributed by atoms with Gasteiger partial charge >= 0.3 is 0 Å². The van der Waals surface area contributed by atoms with Crippen molar-refractivity contribution in [3.63, 3.8) is 0 Å². The Morgan fingerprint density at radius 3 is 2.47 bits per heavy atom. The van der Waals surface area contributed by atoms with Crippen molar-refractivity contribution in [1.82, 2.24) is 5.32 Å². The summed E-state index contributed by atoms with van der Waals surface area (Å²) < 4.78 is 0. The van der Waals surface area contributed by atoms with Crippen molar-refractivity contribution >= 4 is 17.3 Å². The van der Waals surface area contributed by atoms with E-state index in [1.807, 2.05) is 26.1 Å². The number of amides is 1. The standard InChI is InChI=1S/C15H25N3O/c1-6-17-15(19)12-7-8-14(13(16)9-12)18(5)11(4)10(2)3/h7-11H,6,16H2,1-5H3,(H,17,19). The zero-order valence-corrected chi connectivity index (χ0v) is 12.5. The molecule has 0 spiro atoms. The summed E-state index contributed by atoms with van der Waals surface area (Å²) in [6.07, 6.45) is 0. The minimum atomic E-state index is -0.0830. The molecule has 106 valence electrons. The smallest absolute Gasteiger partial charge is 0.251 e. The van der Waals surface area contributed by atoms with Gasteiger partial charge in [-0.25, -0.2) is 0 Å². The van der Waals surface area contributed by atoms with Crippen LogP contribution in [0, 0.1) is 5.92 Å². The fourth-order valence-corrected chi connectivity index (χ4v) is 1.95. The van der Waals surface area contributed by atoms with Gasteiger partial charge < -0.3 is 16.0 Å². The zero-order chi connectivity index (χ0) is 14.6. The summed E-state index contributed by atoms with van der Waals surface area (Å²) >= 11 is 0. The van der Waals surface area contributed by atoms with Gasteiger partial charge in [0.2, 0.25) is 0 Å². The first-order chi connectivity index (χ1) is 8.88. The van der Waals surface area contributed by atoms with Gasteiger partial charge in [0.25, 0.3) is 5.91 Å². The predicted molar refractivity (Wildman–Crippen MR) is 81.6 cm³/mol. The van der Waals surface area contributed by atoms with Crippen molar-refractivity contribution in [2.45, 2.75) is 33.7 Å². The Bertz CT molecular complexity index is 443. The first-order valence-electron chi connectivity index (χ1n) is 6.79. The molecule has 19 heavy (non-hydrogen) atoms. The minimum Gasteiger partial charge on any atom is -0.397 e. The van der Waals surface area contributed by atoms with E-state index >= 15 is 0 Å². The molecule has 0 heterocycles. The summed E-state index contributed by atoms with van der Waals surface area (Å²) in [6.45, 7) is 9.04. The molecule has 4 nitrogen and oxygen atoms in total. The number of nitrogens with two attached hydrogens (primary N) is 1. The van der Waals surface area contributed by atoms with Crippen molar-refractivity contribution in [2.75, 3.05) is 24.2 Å². The molecule has 0 aliphatic heterocycles. The van der Waals surface area contributed by atoms with Crippen LogP contribution < -0.4 is 16.0 Å². The van der Waals surface area contributed by atoms with E-state index in [2.05, 4.69) is 31.0 Å². The number of carbonyl (C=O) groups is 1. The van der Waals surface area contributed by atoms with Gasteiger partial charge in [-0.1, -0.05) is 13.8 Å². The van der Waals surface area contributed by atoms with Crippen LogP contribution in [0.5, 0.6) is 0 Å². The molecule has 0 saturated carbocycles. The Morgan fingerprint density at radius 2 is 2.00 bits per heavy atom. The lowest BCUT2D eigenvalue weighted by Gasteiger charge is -2.31. The minimum absolute atomic E-state index is 0.0830. The molecule has 0 aromatic heterocycles. The fourth-order valence-electron chi connectivity index (χ4n) is 1.95. The molecule has 1 rings (SSSR count). The topological polar surface area (TPSA) is 58.4 Å². The lowest BCUT2D eigenvalue weighted by molar-refractivity contribution is 0.0956. The molecule has 0 saturated heterocycles. The van der Waals surface area contributed by atoms with E-state index in [0.29, 0.717) is 29.8 Å². The van der Waals surface area contributed by atoms with E-state index in [0.717, 1.165) is 5.69 Å². The first kappa shape index (κ1) is 15.3. The van der Waals surface area contributed by atoms with Crippen molar-refractivity contribution < 1.29 is 4.79 Å². The molecule has 0 bridgehead atoms. The Morgan fingerprint density at radius 1 is 1.37 bits per heavy atom. The second-order valence-electron chi connectivity index (χ2n) is 5.23. The molecule has 1 unspecified atom stereocenters. The highest BCUT2D eigenvalue weighted by molar-refractivity contribution is 5.96. The summed E-state index contributed by atoms with van der Waals surface area (Å²) in [7, 11) is 2.03. The summed E-state index contributed by atoms with van der Waals surface area (Å²) in [5, 5.41) is 2.77. The van der Waals surface area contributed by atoms with Gasteiger partial charge in [0.05, 0.1) is 11.4 Å². The van der Waals surface area contributed by atoms with Crippen LogP contribution >= 0.6 is 0 Å². The lowest BCUT2D eigenvalue weighted by Crippen LogP contribution is -2.33. The quantitative estimate of drug-likeness (QED) is 0.802. The number of nitrogens with one attached hydrogen (secondary N) is 1. The van der Waals surface area contributed by atoms with Crippen LogP contribution in [-0.2, 0) is 0 Å². The molecule has 3 N–H and O–H groups in total. The van der Waals surface area contributed by atoms with Gasteiger partial charge in [0.15, 0.2) is 0 Å². The number of nitrogen functional groups attached to an aromatic ring is 1. The van der Waals surface area contributed by atoms with E-state index in [4.69, 9.17) is 5.73 Å². The zero-order valence-electron chi connectivity index (χ0n) is 12.5. The average molecular weight is 263 g/mol. The van der Waals surface area contributed by atoms with Crippen LogP contribution in [-0.4, -0.2) is 25.5 Å². The van der Waals surface area contributed by atoms with Gasteiger partial charge in [-0.2, -0.15) is 0 Å². The highest BCUT2D eigenvalue weighted by atomic mass is 16.1. The average Bonchev–Trinajstić information content (AvgIpc) is 2.37. The van der Waals surface area contributed by atoms with Gasteiger partial charge in [0.1, 0.15) is 0 Å². The molecular weight excluding hydrogens is 238 g/mol. The van der Waals surface area contributed by atoms with Gasteiger partial charge in [-0.05, 0) is 38.0 Å². The summed E-state index contributed by atoms with van der Waals surface area (Å²) in [5.74, 6) is 0.452. The molecule has 1 amide bonds. The molecule has 0 aliphatic carbocycles. The number of rotatable bonds is 5. The maximum absolute atomic E-state index is 11.7. The van der Waals surface area contributed by atoms with Gasteiger partial charge in [-0.15, -0.1) is 0 Å². The van der Waals surface area contributed by atoms with Crippen LogP contribution in [0.1, 0.15) is 38.1 Å². The Labute approximate surface area is 116 Å². The number of anilines is 2. The monoisotopic (exact) mass is 263 g/mol. The molecule has 0 fully saturated rings. The van der Waals surface area contributed by atoms with Gasteiger partial charge in [-0.3, -0.25) is 4.79 Å². The Kier molecular flexibility index (Phi) is 5.21. The Balaban J connectivity index is 2.97. The van der Waals surface area contributed by atoms with E-state index in [-0.39, 0.29) is 5.91 Å². The first-order valence-corrected chi connectivity index (χ1v) is 6.79. The summed E-state index contributed by atoms with van der Waals surface area (Å²) in [4.78, 5) is 13.9. The van der Waals surface area contributed by atoms with Crippen molar-refractivity contribution in [3.8, 4) is 0 Å². The largest absolute Gasteiger partial charge is 0.397 e. The van der Waals surface area contributed by atoms with Crippen molar-refractivity contribution in [3.05, 3.63) is 23.8 Å². The molecule has 1 aromatic rings. The van der Waals surface area contributed by atoms with E-state index in [1.165, 1.54) is 0 Å². The maximum atomic E-state index is 11.7. The summed E-state index contributed by atoms with van der Waals surface area (Å²) in [5.41, 5.74) is 8.28. The molecular formula is C15H25N3O. The molecule has 0 radical (unpaired) electrons. The number of benzene rings is 1. The maximum Gasteiger partial charge on any atom is 0.251 e. The van der Waals surface area contributed by atoms with Crippen LogP contribution in [0.25, 0.3) is 0 Å². The van der Waals surface area contributed by atoms with Crippen LogP contribution in [0.2, 0.25) is 0 Å². The SMILES string of the molecule is CCNC(=O)c1ccc(N(C)C(C)C(C)C)c(N)c1. The fraction of sp³-hybridized carbons (Fsp3) is 0.533. The predicted octanol–water partition coefficient (Wildman–Crippen LogP) is 2.50. The Hall–Kier alpha value is -1.71. The highest BCUT2D eigenvalue weighted by Gasteiger charge is 2.16. The highest BCUT2D eigenvalue weighted by Crippen LogP contribution is 2.26. The van der Waals surface area contributed by atoms with Gasteiger partial charge in [0, 0.05) is 25.2 Å². The third kappa shape index (κ3) is 3.63. The van der Waals surface area contributed by atoms with Crippen LogP contribution in [0.4, 0.5) is 11.4 Å². The lowest BCUT2D eigenvalue weighted by atomic mass is 10.0. The van der Waals surface area contributed by atoms with E-state index < -0.39 is 0 Å². The summed E-state index contributed by atoms with van der Waals surface area (Å²) in [6, 6.07) is 5.86. The normalized spacial score (nSPS) is 12.3. The molecule has 4 heteroatoms. The second-order valence-corrected chi connectivity index (χ2v) is 5.23.